The normalized spacial score (nSPS) is 13.2. The number of amides is 3. The molecule has 194 valence electrons. The van der Waals surface area contributed by atoms with Crippen molar-refractivity contribution >= 4 is 46.5 Å². The molecule has 0 aliphatic heterocycles. The van der Waals surface area contributed by atoms with E-state index in [4.69, 9.17) is 15.9 Å². The molecule has 1 heterocycles. The third-order valence-corrected chi connectivity index (χ3v) is 5.16. The number of carbonyl (C=O) groups is 6. The van der Waals surface area contributed by atoms with Gasteiger partial charge in [-0.05, 0) is 18.1 Å². The molecule has 0 radical (unpaired) electrons. The van der Waals surface area contributed by atoms with Crippen LogP contribution in [0.4, 0.5) is 0 Å². The summed E-state index contributed by atoms with van der Waals surface area (Å²) in [5.41, 5.74) is 7.01. The van der Waals surface area contributed by atoms with Gasteiger partial charge >= 0.3 is 17.9 Å². The molecule has 0 aliphatic carbocycles. The predicted molar refractivity (Wildman–Crippen MR) is 124 cm³/mol. The number of hydrogen-bond acceptors (Lipinski definition) is 7. The Bertz CT molecular complexity index is 1150. The highest BCUT2D eigenvalue weighted by atomic mass is 16.4. The van der Waals surface area contributed by atoms with Crippen LogP contribution in [0.25, 0.3) is 10.9 Å². The molecular weight excluding hydrogens is 478 g/mol. The van der Waals surface area contributed by atoms with E-state index in [1.54, 1.807) is 30.5 Å². The van der Waals surface area contributed by atoms with Gasteiger partial charge in [-0.25, -0.2) is 0 Å². The van der Waals surface area contributed by atoms with E-state index in [2.05, 4.69) is 20.9 Å². The molecule has 0 saturated carbocycles. The van der Waals surface area contributed by atoms with Crippen LogP contribution in [-0.4, -0.2) is 80.6 Å². The van der Waals surface area contributed by atoms with Gasteiger partial charge in [0.15, 0.2) is 0 Å². The van der Waals surface area contributed by atoms with Gasteiger partial charge in [0.05, 0.1) is 12.5 Å². The molecule has 0 bridgehead atoms. The van der Waals surface area contributed by atoms with Crippen LogP contribution in [0.5, 0.6) is 0 Å². The molecule has 0 spiro atoms. The molecule has 3 amide bonds. The Kier molecular flexibility index (Phi) is 9.92. The number of nitrogens with one attached hydrogen (secondary N) is 4. The van der Waals surface area contributed by atoms with Crippen molar-refractivity contribution in [2.45, 2.75) is 43.8 Å². The lowest BCUT2D eigenvalue weighted by Gasteiger charge is -2.23. The van der Waals surface area contributed by atoms with Crippen LogP contribution in [-0.2, 0) is 35.2 Å². The number of fused-ring (bicyclic) bond motifs is 1. The zero-order chi connectivity index (χ0) is 26.8. The van der Waals surface area contributed by atoms with Crippen molar-refractivity contribution in [2.24, 2.45) is 5.73 Å². The second kappa shape index (κ2) is 12.9. The van der Waals surface area contributed by atoms with Crippen molar-refractivity contribution in [1.29, 1.82) is 0 Å². The quantitative estimate of drug-likeness (QED) is 0.148. The number of rotatable bonds is 14. The number of benzene rings is 1. The summed E-state index contributed by atoms with van der Waals surface area (Å²) in [6, 6.07) is 2.87. The van der Waals surface area contributed by atoms with Crippen molar-refractivity contribution in [2.75, 3.05) is 6.54 Å². The zero-order valence-electron chi connectivity index (χ0n) is 19.0. The van der Waals surface area contributed by atoms with E-state index in [1.165, 1.54) is 0 Å². The number of aromatic amines is 1. The Morgan fingerprint density at radius 2 is 1.53 bits per heavy atom. The van der Waals surface area contributed by atoms with Gasteiger partial charge in [-0.2, -0.15) is 0 Å². The lowest BCUT2D eigenvalue weighted by atomic mass is 10.0. The number of nitrogens with two attached hydrogens (primary N) is 1. The van der Waals surface area contributed by atoms with Gasteiger partial charge in [-0.15, -0.1) is 0 Å². The Labute approximate surface area is 204 Å². The molecule has 0 aliphatic rings. The maximum Gasteiger partial charge on any atom is 0.322 e. The number of carboxylic acids is 3. The van der Waals surface area contributed by atoms with Gasteiger partial charge in [-0.1, -0.05) is 18.2 Å². The number of aliphatic carboxylic acids is 3. The minimum atomic E-state index is -1.64. The lowest BCUT2D eigenvalue weighted by Crippen LogP contribution is -2.57. The first-order valence-electron chi connectivity index (χ1n) is 10.8. The first-order valence-corrected chi connectivity index (χ1v) is 10.8. The molecular formula is C22H27N5O9. The topological polar surface area (TPSA) is 241 Å². The summed E-state index contributed by atoms with van der Waals surface area (Å²) in [4.78, 5) is 73.8. The summed E-state index contributed by atoms with van der Waals surface area (Å²) in [7, 11) is 0. The number of H-pyrrole nitrogens is 1. The average Bonchev–Trinajstić information content (AvgIpc) is 3.22. The molecule has 1 aromatic heterocycles. The van der Waals surface area contributed by atoms with Crippen molar-refractivity contribution in [3.63, 3.8) is 0 Å². The first kappa shape index (κ1) is 27.8. The van der Waals surface area contributed by atoms with Crippen LogP contribution >= 0.6 is 0 Å². The molecule has 14 heteroatoms. The van der Waals surface area contributed by atoms with Gasteiger partial charge in [0.25, 0.3) is 0 Å². The second-order valence-electron chi connectivity index (χ2n) is 7.93. The summed E-state index contributed by atoms with van der Waals surface area (Å²) in [5, 5.41) is 34.3. The molecule has 9 N–H and O–H groups in total. The summed E-state index contributed by atoms with van der Waals surface area (Å²) < 4.78 is 0. The fraction of sp³-hybridized carbons (Fsp3) is 0.364. The van der Waals surface area contributed by atoms with Crippen LogP contribution < -0.4 is 21.7 Å². The second-order valence-corrected chi connectivity index (χ2v) is 7.93. The van der Waals surface area contributed by atoms with Crippen LogP contribution in [0.15, 0.2) is 30.5 Å². The monoisotopic (exact) mass is 505 g/mol. The van der Waals surface area contributed by atoms with Gasteiger partial charge in [0.2, 0.25) is 17.7 Å². The number of para-hydroxylation sites is 1. The highest BCUT2D eigenvalue weighted by Gasteiger charge is 2.30. The van der Waals surface area contributed by atoms with E-state index in [0.717, 1.165) is 10.9 Å². The third kappa shape index (κ3) is 8.39. The summed E-state index contributed by atoms with van der Waals surface area (Å²) in [6.45, 7) is -0.715. The van der Waals surface area contributed by atoms with Gasteiger partial charge in [0, 0.05) is 29.9 Å². The van der Waals surface area contributed by atoms with E-state index >= 15 is 0 Å². The van der Waals surface area contributed by atoms with Crippen molar-refractivity contribution < 1.29 is 44.1 Å². The van der Waals surface area contributed by atoms with Gasteiger partial charge in [0.1, 0.15) is 18.6 Å². The minimum absolute atomic E-state index is 0.0763. The maximum absolute atomic E-state index is 12.9. The smallest absolute Gasteiger partial charge is 0.322 e. The molecule has 3 atom stereocenters. The fourth-order valence-corrected chi connectivity index (χ4v) is 3.36. The molecule has 14 nitrogen and oxygen atoms in total. The lowest BCUT2D eigenvalue weighted by molar-refractivity contribution is -0.141. The molecule has 3 unspecified atom stereocenters. The van der Waals surface area contributed by atoms with Gasteiger partial charge in [-0.3, -0.25) is 28.8 Å². The fourth-order valence-electron chi connectivity index (χ4n) is 3.36. The Hall–Kier alpha value is -4.46. The third-order valence-electron chi connectivity index (χ3n) is 5.16. The molecule has 2 aromatic rings. The highest BCUT2D eigenvalue weighted by Crippen LogP contribution is 2.19. The minimum Gasteiger partial charge on any atom is -0.481 e. The standard InChI is InChI=1S/C22H27N5O9/c23-13(5-6-17(28)29)20(34)26-16(8-18(30)31)22(36)27-15(21(35)25-10-19(32)33)7-11-9-24-14-4-2-1-3-12(11)14/h1-4,9,13,15-16,24H,5-8,10,23H2,(H,25,35)(H,26,34)(H,27,36)(H,28,29)(H,30,31)(H,32,33). The van der Waals surface area contributed by atoms with Crippen LogP contribution in [0.3, 0.4) is 0 Å². The van der Waals surface area contributed by atoms with Crippen molar-refractivity contribution in [1.82, 2.24) is 20.9 Å². The number of carboxylic acid groups (broad SMARTS) is 3. The van der Waals surface area contributed by atoms with E-state index < -0.39 is 73.1 Å². The zero-order valence-corrected chi connectivity index (χ0v) is 19.0. The average molecular weight is 505 g/mol. The largest absolute Gasteiger partial charge is 0.481 e. The summed E-state index contributed by atoms with van der Waals surface area (Å²) >= 11 is 0. The Balaban J connectivity index is 2.21. The molecule has 0 saturated heterocycles. The maximum atomic E-state index is 12.9. The van der Waals surface area contributed by atoms with E-state index in [0.29, 0.717) is 5.56 Å². The SMILES string of the molecule is NC(CCC(=O)O)C(=O)NC(CC(=O)O)C(=O)NC(Cc1c[nH]c2ccccc12)C(=O)NCC(=O)O. The van der Waals surface area contributed by atoms with E-state index in [9.17, 15) is 33.9 Å². The highest BCUT2D eigenvalue weighted by molar-refractivity contribution is 5.96. The van der Waals surface area contributed by atoms with Crippen LogP contribution in [0, 0.1) is 0 Å². The van der Waals surface area contributed by atoms with Crippen molar-refractivity contribution in [3.8, 4) is 0 Å². The Morgan fingerprint density at radius 1 is 0.861 bits per heavy atom. The number of aromatic nitrogens is 1. The first-order chi connectivity index (χ1) is 17.0. The molecule has 1 aromatic carbocycles. The number of hydrogen-bond donors (Lipinski definition) is 8. The molecule has 36 heavy (non-hydrogen) atoms. The van der Waals surface area contributed by atoms with Gasteiger partial charge < -0.3 is 42.0 Å². The Morgan fingerprint density at radius 3 is 2.17 bits per heavy atom. The van der Waals surface area contributed by atoms with Crippen molar-refractivity contribution in [3.05, 3.63) is 36.0 Å². The summed E-state index contributed by atoms with van der Waals surface area (Å²) in [5.74, 6) is -6.74. The van der Waals surface area contributed by atoms with Crippen LogP contribution in [0.2, 0.25) is 0 Å². The number of carbonyl (C=O) groups excluding carboxylic acids is 3. The van der Waals surface area contributed by atoms with E-state index in [1.807, 2.05) is 0 Å². The predicted octanol–water partition coefficient (Wildman–Crippen LogP) is -1.45. The molecule has 0 fully saturated rings. The van der Waals surface area contributed by atoms with E-state index in [-0.39, 0.29) is 12.8 Å². The summed E-state index contributed by atoms with van der Waals surface area (Å²) in [6.07, 6.45) is 0.0311. The molecule has 2 rings (SSSR count). The van der Waals surface area contributed by atoms with Crippen LogP contribution in [0.1, 0.15) is 24.8 Å².